The van der Waals surface area contributed by atoms with E-state index in [4.69, 9.17) is 56.9 Å². The topological polar surface area (TPSA) is 81.4 Å². The average Bonchev–Trinajstić information content (AvgIpc) is 2.58. The van der Waals surface area contributed by atoms with E-state index >= 15 is 0 Å². The number of hydrogen-bond donors (Lipinski definition) is 2. The molecule has 0 aromatic heterocycles. The number of ether oxygens (including phenoxy) is 1. The molecule has 3 N–H and O–H groups in total. The fourth-order valence-electron chi connectivity index (χ4n) is 1.97. The SMILES string of the molecule is Cc1ccc(F)c(C(=O)OCC(=O)Nc2c(Cl)c(Cl)cc(Cl)c2Cl)c1N. The van der Waals surface area contributed by atoms with E-state index in [1.54, 1.807) is 6.92 Å². The summed E-state index contributed by atoms with van der Waals surface area (Å²) in [5.74, 6) is -2.72. The lowest BCUT2D eigenvalue weighted by atomic mass is 10.1. The molecule has 0 saturated heterocycles. The minimum Gasteiger partial charge on any atom is -0.452 e. The Morgan fingerprint density at radius 2 is 1.73 bits per heavy atom. The minimum atomic E-state index is -1.08. The minimum absolute atomic E-state index is 0.0327. The van der Waals surface area contributed by atoms with Crippen LogP contribution in [0.25, 0.3) is 0 Å². The van der Waals surface area contributed by atoms with Crippen LogP contribution in [-0.4, -0.2) is 18.5 Å². The lowest BCUT2D eigenvalue weighted by Crippen LogP contribution is -2.22. The second-order valence-corrected chi connectivity index (χ2v) is 6.69. The van der Waals surface area contributed by atoms with Crippen LogP contribution in [0.15, 0.2) is 18.2 Å². The first-order chi connectivity index (χ1) is 12.1. The Hall–Kier alpha value is -1.73. The van der Waals surface area contributed by atoms with Gasteiger partial charge in [0.15, 0.2) is 6.61 Å². The van der Waals surface area contributed by atoms with Gasteiger partial charge in [-0.1, -0.05) is 52.5 Å². The molecule has 0 aliphatic rings. The maximum absolute atomic E-state index is 13.8. The zero-order valence-electron chi connectivity index (χ0n) is 13.1. The van der Waals surface area contributed by atoms with E-state index in [0.717, 1.165) is 6.07 Å². The number of benzene rings is 2. The number of nitrogens with two attached hydrogens (primary N) is 1. The van der Waals surface area contributed by atoms with Gasteiger partial charge in [0.05, 0.1) is 31.5 Å². The second kappa shape index (κ2) is 8.31. The van der Waals surface area contributed by atoms with Crippen molar-refractivity contribution in [3.05, 3.63) is 55.2 Å². The molecule has 0 spiro atoms. The van der Waals surface area contributed by atoms with Crippen LogP contribution in [0.1, 0.15) is 15.9 Å². The Labute approximate surface area is 168 Å². The summed E-state index contributed by atoms with van der Waals surface area (Å²) in [5.41, 5.74) is 5.63. The highest BCUT2D eigenvalue weighted by atomic mass is 35.5. The molecule has 26 heavy (non-hydrogen) atoms. The van der Waals surface area contributed by atoms with Crippen molar-refractivity contribution in [1.29, 1.82) is 0 Å². The highest BCUT2D eigenvalue weighted by molar-refractivity contribution is 6.50. The summed E-state index contributed by atoms with van der Waals surface area (Å²) >= 11 is 23.7. The number of carbonyl (C=O) groups excluding carboxylic acids is 2. The van der Waals surface area contributed by atoms with Gasteiger partial charge in [-0.2, -0.15) is 0 Å². The number of esters is 1. The van der Waals surface area contributed by atoms with Gasteiger partial charge in [0.1, 0.15) is 11.4 Å². The van der Waals surface area contributed by atoms with Crippen LogP contribution in [0.2, 0.25) is 20.1 Å². The highest BCUT2D eigenvalue weighted by Crippen LogP contribution is 2.40. The lowest BCUT2D eigenvalue weighted by molar-refractivity contribution is -0.119. The molecular formula is C16H11Cl4FN2O3. The van der Waals surface area contributed by atoms with Gasteiger partial charge >= 0.3 is 5.97 Å². The van der Waals surface area contributed by atoms with Crippen molar-refractivity contribution < 1.29 is 18.7 Å². The van der Waals surface area contributed by atoms with Crippen molar-refractivity contribution in [2.75, 3.05) is 17.7 Å². The second-order valence-electron chi connectivity index (χ2n) is 5.12. The highest BCUT2D eigenvalue weighted by Gasteiger charge is 2.21. The Morgan fingerprint density at radius 1 is 1.15 bits per heavy atom. The normalized spacial score (nSPS) is 10.5. The third-order valence-electron chi connectivity index (χ3n) is 3.33. The van der Waals surface area contributed by atoms with Crippen LogP contribution in [0.3, 0.4) is 0 Å². The summed E-state index contributed by atoms with van der Waals surface area (Å²) in [6, 6.07) is 3.81. The van der Waals surface area contributed by atoms with Gasteiger partial charge in [-0.05, 0) is 24.6 Å². The number of halogens is 5. The van der Waals surface area contributed by atoms with E-state index in [2.05, 4.69) is 5.32 Å². The van der Waals surface area contributed by atoms with E-state index < -0.39 is 29.9 Å². The maximum atomic E-state index is 13.8. The molecule has 0 radical (unpaired) electrons. The molecule has 0 bridgehead atoms. The summed E-state index contributed by atoms with van der Waals surface area (Å²) in [6.07, 6.45) is 0. The molecule has 1 amide bonds. The number of anilines is 2. The molecule has 0 fully saturated rings. The van der Waals surface area contributed by atoms with Crippen LogP contribution in [0.4, 0.5) is 15.8 Å². The van der Waals surface area contributed by atoms with Gasteiger partial charge in [0.2, 0.25) is 0 Å². The molecule has 0 heterocycles. The molecule has 0 saturated carbocycles. The average molecular weight is 440 g/mol. The number of carbonyl (C=O) groups is 2. The first kappa shape index (κ1) is 20.6. The third-order valence-corrected chi connectivity index (χ3v) is 4.90. The van der Waals surface area contributed by atoms with E-state index in [9.17, 15) is 14.0 Å². The Kier molecular flexibility index (Phi) is 6.58. The quantitative estimate of drug-likeness (QED) is 0.393. The maximum Gasteiger partial charge on any atom is 0.343 e. The fraction of sp³-hybridized carbons (Fsp3) is 0.125. The van der Waals surface area contributed by atoms with Crippen molar-refractivity contribution in [3.8, 4) is 0 Å². The number of hydrogen-bond acceptors (Lipinski definition) is 4. The molecule has 5 nitrogen and oxygen atoms in total. The first-order valence-corrected chi connectivity index (χ1v) is 8.49. The van der Waals surface area contributed by atoms with Gasteiger partial charge in [0.25, 0.3) is 5.91 Å². The van der Waals surface area contributed by atoms with Gasteiger partial charge in [-0.3, -0.25) is 4.79 Å². The summed E-state index contributed by atoms with van der Waals surface area (Å²) in [4.78, 5) is 24.0. The number of rotatable bonds is 4. The molecular weight excluding hydrogens is 429 g/mol. The van der Waals surface area contributed by atoms with Crippen LogP contribution >= 0.6 is 46.4 Å². The van der Waals surface area contributed by atoms with Gasteiger partial charge in [0, 0.05) is 0 Å². The summed E-state index contributed by atoms with van der Waals surface area (Å²) in [7, 11) is 0. The molecule has 0 aliphatic heterocycles. The van der Waals surface area contributed by atoms with E-state index in [-0.39, 0.29) is 31.5 Å². The van der Waals surface area contributed by atoms with Crippen LogP contribution < -0.4 is 11.1 Å². The van der Waals surface area contributed by atoms with Crippen molar-refractivity contribution in [2.24, 2.45) is 0 Å². The smallest absolute Gasteiger partial charge is 0.343 e. The summed E-state index contributed by atoms with van der Waals surface area (Å²) < 4.78 is 18.6. The summed E-state index contributed by atoms with van der Waals surface area (Å²) in [5, 5.41) is 2.41. The van der Waals surface area contributed by atoms with E-state index in [0.29, 0.717) is 5.56 Å². The van der Waals surface area contributed by atoms with E-state index in [1.165, 1.54) is 12.1 Å². The Balaban J connectivity index is 2.11. The molecule has 2 rings (SSSR count). The molecule has 0 aliphatic carbocycles. The lowest BCUT2D eigenvalue weighted by Gasteiger charge is -2.13. The van der Waals surface area contributed by atoms with Crippen LogP contribution in [0, 0.1) is 12.7 Å². The van der Waals surface area contributed by atoms with Crippen LogP contribution in [0.5, 0.6) is 0 Å². The van der Waals surface area contributed by atoms with Crippen molar-refractivity contribution in [1.82, 2.24) is 0 Å². The Morgan fingerprint density at radius 3 is 2.31 bits per heavy atom. The predicted molar refractivity (Wildman–Crippen MR) is 101 cm³/mol. The standard InChI is InChI=1S/C16H11Cl4FN2O3/c1-6-2-3-9(21)11(14(6)22)16(25)26-5-10(24)23-15-12(19)7(17)4-8(18)13(15)20/h2-4H,5,22H2,1H3,(H,23,24). The monoisotopic (exact) mass is 438 g/mol. The molecule has 2 aromatic rings. The largest absolute Gasteiger partial charge is 0.452 e. The number of nitrogen functional groups attached to an aromatic ring is 1. The van der Waals surface area contributed by atoms with Gasteiger partial charge in [-0.15, -0.1) is 0 Å². The zero-order chi connectivity index (χ0) is 19.6. The first-order valence-electron chi connectivity index (χ1n) is 6.98. The third kappa shape index (κ3) is 4.32. The molecule has 0 atom stereocenters. The van der Waals surface area contributed by atoms with E-state index in [1.807, 2.05) is 0 Å². The predicted octanol–water partition coefficient (Wildman–Crippen LogP) is 5.13. The number of aryl methyl sites for hydroxylation is 1. The summed E-state index contributed by atoms with van der Waals surface area (Å²) in [6.45, 7) is 0.869. The molecule has 0 unspecified atom stereocenters. The van der Waals surface area contributed by atoms with Crippen LogP contribution in [-0.2, 0) is 9.53 Å². The fourth-order valence-corrected chi connectivity index (χ4v) is 2.87. The molecule has 10 heteroatoms. The van der Waals surface area contributed by atoms with Gasteiger partial charge in [-0.25, -0.2) is 9.18 Å². The van der Waals surface area contributed by atoms with Crippen molar-refractivity contribution >= 4 is 69.7 Å². The zero-order valence-corrected chi connectivity index (χ0v) is 16.2. The molecule has 2 aromatic carbocycles. The number of amides is 1. The number of nitrogens with one attached hydrogen (secondary N) is 1. The molecule has 138 valence electrons. The van der Waals surface area contributed by atoms with Crippen molar-refractivity contribution in [2.45, 2.75) is 6.92 Å². The van der Waals surface area contributed by atoms with Gasteiger partial charge < -0.3 is 15.8 Å². The Bertz CT molecular complexity index is 880. The van der Waals surface area contributed by atoms with Crippen molar-refractivity contribution in [3.63, 3.8) is 0 Å².